The normalized spacial score (nSPS) is 13.5. The lowest BCUT2D eigenvalue weighted by Gasteiger charge is -2.22. The summed E-state index contributed by atoms with van der Waals surface area (Å²) in [6.45, 7) is 7.80. The van der Waals surface area contributed by atoms with E-state index in [1.54, 1.807) is 28.8 Å². The van der Waals surface area contributed by atoms with Crippen molar-refractivity contribution in [1.82, 2.24) is 14.1 Å². The van der Waals surface area contributed by atoms with E-state index >= 15 is 0 Å². The van der Waals surface area contributed by atoms with E-state index in [-0.39, 0.29) is 6.42 Å². The number of carbonyl (C=O) groups is 1. The van der Waals surface area contributed by atoms with Gasteiger partial charge in [-0.3, -0.25) is 9.36 Å². The number of aryl methyl sites for hydroxylation is 2. The van der Waals surface area contributed by atoms with Gasteiger partial charge in [0.05, 0.1) is 16.9 Å². The first-order chi connectivity index (χ1) is 15.3. The van der Waals surface area contributed by atoms with Crippen molar-refractivity contribution in [2.45, 2.75) is 52.6 Å². The molecule has 4 rings (SSSR count). The molecule has 0 bridgehead atoms. The van der Waals surface area contributed by atoms with Crippen molar-refractivity contribution in [2.24, 2.45) is 0 Å². The number of fused-ring (bicyclic) bond motifs is 2. The Kier molecular flexibility index (Phi) is 5.50. The molecule has 2 aromatic heterocycles. The summed E-state index contributed by atoms with van der Waals surface area (Å²) in [5.41, 5.74) is 3.42. The summed E-state index contributed by atoms with van der Waals surface area (Å²) < 4.78 is 2.46. The van der Waals surface area contributed by atoms with Crippen molar-refractivity contribution in [3.8, 4) is 0 Å². The third-order valence-corrected chi connectivity index (χ3v) is 6.17. The van der Waals surface area contributed by atoms with Crippen LogP contribution in [0.4, 0.5) is 0 Å². The van der Waals surface area contributed by atoms with E-state index in [2.05, 4.69) is 17.1 Å². The molecule has 2 aromatic carbocycles. The largest absolute Gasteiger partial charge is 0.480 e. The van der Waals surface area contributed by atoms with Gasteiger partial charge in [-0.05, 0) is 56.5 Å². The van der Waals surface area contributed by atoms with E-state index in [1.165, 1.54) is 0 Å². The Morgan fingerprint density at radius 1 is 1.12 bits per heavy atom. The number of carboxylic acid groups (broad SMARTS) is 1. The number of nitrogens with zero attached hydrogens (tertiary/aromatic N) is 2. The molecule has 0 aliphatic carbocycles. The van der Waals surface area contributed by atoms with Crippen LogP contribution < -0.4 is 11.2 Å². The van der Waals surface area contributed by atoms with E-state index in [0.717, 1.165) is 32.2 Å². The highest BCUT2D eigenvalue weighted by Crippen LogP contribution is 2.31. The van der Waals surface area contributed by atoms with Gasteiger partial charge in [-0.2, -0.15) is 0 Å². The third-order valence-electron chi connectivity index (χ3n) is 6.17. The molecule has 2 heterocycles. The van der Waals surface area contributed by atoms with Crippen LogP contribution in [-0.2, 0) is 4.79 Å². The van der Waals surface area contributed by atoms with Crippen molar-refractivity contribution in [3.63, 3.8) is 0 Å². The first-order valence-electron chi connectivity index (χ1n) is 10.8. The Morgan fingerprint density at radius 3 is 2.53 bits per heavy atom. The highest BCUT2D eigenvalue weighted by atomic mass is 16.4. The van der Waals surface area contributed by atoms with E-state index in [4.69, 9.17) is 0 Å². The molecule has 0 aliphatic heterocycles. The number of aromatic nitrogens is 3. The second-order valence-electron chi connectivity index (χ2n) is 8.41. The van der Waals surface area contributed by atoms with Gasteiger partial charge in [-0.25, -0.2) is 14.2 Å². The average Bonchev–Trinajstić information content (AvgIpc) is 3.17. The van der Waals surface area contributed by atoms with Crippen molar-refractivity contribution < 1.29 is 9.90 Å². The smallest absolute Gasteiger partial charge is 0.332 e. The van der Waals surface area contributed by atoms with Crippen LogP contribution in [0.3, 0.4) is 0 Å². The summed E-state index contributed by atoms with van der Waals surface area (Å²) in [5.74, 6) is -1.18. The topological polar surface area (TPSA) is 97.1 Å². The molecule has 32 heavy (non-hydrogen) atoms. The molecule has 4 aromatic rings. The van der Waals surface area contributed by atoms with Crippen molar-refractivity contribution in [3.05, 3.63) is 80.1 Å². The molecule has 0 saturated carbocycles. The van der Waals surface area contributed by atoms with Crippen LogP contribution in [0.15, 0.2) is 52.2 Å². The Bertz CT molecular complexity index is 1460. The zero-order valence-corrected chi connectivity index (χ0v) is 18.7. The maximum Gasteiger partial charge on any atom is 0.332 e. The number of aromatic amines is 1. The lowest BCUT2D eigenvalue weighted by molar-refractivity contribution is -0.141. The van der Waals surface area contributed by atoms with Crippen LogP contribution in [0.2, 0.25) is 0 Å². The van der Waals surface area contributed by atoms with Gasteiger partial charge in [-0.15, -0.1) is 0 Å². The summed E-state index contributed by atoms with van der Waals surface area (Å²) in [5, 5.41) is 11.1. The molecule has 0 fully saturated rings. The zero-order valence-electron chi connectivity index (χ0n) is 18.7. The number of hydrogen-bond donors (Lipinski definition) is 2. The second-order valence-corrected chi connectivity index (χ2v) is 8.41. The molecule has 0 spiro atoms. The first kappa shape index (κ1) is 21.6. The average molecular weight is 434 g/mol. The molecule has 0 radical (unpaired) electrons. The fraction of sp³-hybridized carbons (Fsp3) is 0.320. The summed E-state index contributed by atoms with van der Waals surface area (Å²) >= 11 is 0. The minimum Gasteiger partial charge on any atom is -0.480 e. The van der Waals surface area contributed by atoms with Gasteiger partial charge in [-0.1, -0.05) is 31.5 Å². The van der Waals surface area contributed by atoms with Gasteiger partial charge >= 0.3 is 11.7 Å². The van der Waals surface area contributed by atoms with Gasteiger partial charge in [0.2, 0.25) is 0 Å². The summed E-state index contributed by atoms with van der Waals surface area (Å²) in [7, 11) is 0. The quantitative estimate of drug-likeness (QED) is 0.474. The highest BCUT2D eigenvalue weighted by Gasteiger charge is 2.27. The van der Waals surface area contributed by atoms with Crippen molar-refractivity contribution in [2.75, 3.05) is 0 Å². The first-order valence-corrected chi connectivity index (χ1v) is 10.8. The Labute approximate surface area is 184 Å². The highest BCUT2D eigenvalue weighted by molar-refractivity contribution is 5.88. The minimum atomic E-state index is -1.21. The van der Waals surface area contributed by atoms with E-state index < -0.39 is 29.3 Å². The lowest BCUT2D eigenvalue weighted by Crippen LogP contribution is -2.45. The molecule has 2 N–H and O–H groups in total. The van der Waals surface area contributed by atoms with Crippen molar-refractivity contribution in [1.29, 1.82) is 0 Å². The zero-order chi connectivity index (χ0) is 23.2. The molecule has 166 valence electrons. The Balaban J connectivity index is 2.06. The Morgan fingerprint density at radius 2 is 1.84 bits per heavy atom. The fourth-order valence-electron chi connectivity index (χ4n) is 4.75. The van der Waals surface area contributed by atoms with E-state index in [9.17, 15) is 19.5 Å². The molecule has 0 amide bonds. The number of benzene rings is 2. The van der Waals surface area contributed by atoms with E-state index in [0.29, 0.717) is 17.3 Å². The fourth-order valence-corrected chi connectivity index (χ4v) is 4.75. The molecular formula is C25H27N3O4. The lowest BCUT2D eigenvalue weighted by atomic mass is 10.0. The number of H-pyrrole nitrogens is 1. The predicted molar refractivity (Wildman–Crippen MR) is 126 cm³/mol. The SMILES string of the molecule is CCCC(C(=O)O)n1c(=O)c2ccccc2n(C(C)c2c[nH]c3cc(C)cc(C)c23)c1=O. The van der Waals surface area contributed by atoms with Crippen LogP contribution in [0, 0.1) is 13.8 Å². The van der Waals surface area contributed by atoms with Crippen LogP contribution in [-0.4, -0.2) is 25.2 Å². The van der Waals surface area contributed by atoms with Crippen LogP contribution in [0.25, 0.3) is 21.8 Å². The minimum absolute atomic E-state index is 0.197. The second kappa shape index (κ2) is 8.15. The number of para-hydroxylation sites is 1. The summed E-state index contributed by atoms with van der Waals surface area (Å²) in [6, 6.07) is 9.39. The maximum absolute atomic E-state index is 13.7. The number of rotatable bonds is 6. The number of hydrogen-bond acceptors (Lipinski definition) is 3. The molecule has 0 aliphatic rings. The van der Waals surface area contributed by atoms with Gasteiger partial charge in [0.1, 0.15) is 6.04 Å². The predicted octanol–water partition coefficient (Wildman–Crippen LogP) is 4.30. The van der Waals surface area contributed by atoms with Crippen LogP contribution >= 0.6 is 0 Å². The maximum atomic E-state index is 13.7. The van der Waals surface area contributed by atoms with Crippen LogP contribution in [0.1, 0.15) is 55.5 Å². The van der Waals surface area contributed by atoms with Gasteiger partial charge in [0.25, 0.3) is 5.56 Å². The molecule has 0 saturated heterocycles. The number of carboxylic acids is 1. The molecule has 2 unspecified atom stereocenters. The van der Waals surface area contributed by atoms with Crippen molar-refractivity contribution >= 4 is 27.8 Å². The van der Waals surface area contributed by atoms with Gasteiger partial charge in [0.15, 0.2) is 0 Å². The van der Waals surface area contributed by atoms with Crippen LogP contribution in [0.5, 0.6) is 0 Å². The molecule has 7 heteroatoms. The molecular weight excluding hydrogens is 406 g/mol. The monoisotopic (exact) mass is 433 g/mol. The number of nitrogens with one attached hydrogen (secondary N) is 1. The molecule has 7 nitrogen and oxygen atoms in total. The standard InChI is InChI=1S/C25H27N3O4/c1-5-8-21(24(30)31)28-23(29)17-9-6-7-10-20(17)27(25(28)32)16(4)18-13-26-19-12-14(2)11-15(3)22(18)19/h6-7,9-13,16,21,26H,5,8H2,1-4H3,(H,30,31). The molecule has 2 atom stereocenters. The van der Waals surface area contributed by atoms with Gasteiger partial charge in [0, 0.05) is 22.7 Å². The third kappa shape index (κ3) is 3.34. The van der Waals surface area contributed by atoms with E-state index in [1.807, 2.05) is 33.9 Å². The summed E-state index contributed by atoms with van der Waals surface area (Å²) in [4.78, 5) is 42.2. The van der Waals surface area contributed by atoms with Gasteiger partial charge < -0.3 is 10.1 Å². The Hall–Kier alpha value is -3.61. The number of aliphatic carboxylic acids is 1. The summed E-state index contributed by atoms with van der Waals surface area (Å²) in [6.07, 6.45) is 2.62.